The summed E-state index contributed by atoms with van der Waals surface area (Å²) in [5.41, 5.74) is 9.56. The Labute approximate surface area is 76.5 Å². The molecule has 0 spiro atoms. The second-order valence-corrected chi connectivity index (χ2v) is 2.48. The third-order valence-corrected chi connectivity index (χ3v) is 1.46. The highest BCUT2D eigenvalue weighted by molar-refractivity contribution is 5.43. The number of benzene rings is 1. The first kappa shape index (κ1) is 9.16. The van der Waals surface area contributed by atoms with Gasteiger partial charge in [0.25, 0.3) is 0 Å². The first-order valence-corrected chi connectivity index (χ1v) is 3.84. The smallest absolute Gasteiger partial charge is 0.0420 e. The van der Waals surface area contributed by atoms with Crippen LogP contribution in [0.25, 0.3) is 10.4 Å². The zero-order valence-corrected chi connectivity index (χ0v) is 7.14. The molecule has 0 aromatic heterocycles. The maximum Gasteiger partial charge on any atom is 0.0420 e. The number of hydrogen-bond acceptors (Lipinski definition) is 2. The summed E-state index contributed by atoms with van der Waals surface area (Å²) >= 11 is 0. The van der Waals surface area contributed by atoms with Crippen LogP contribution in [-0.2, 0) is 0 Å². The van der Waals surface area contributed by atoms with Gasteiger partial charge in [-0.3, -0.25) is 0 Å². The lowest BCUT2D eigenvalue weighted by molar-refractivity contribution is 1.16. The molecule has 66 valence electrons. The summed E-state index contributed by atoms with van der Waals surface area (Å²) in [5.74, 6) is 0. The molecular weight excluding hydrogens is 164 g/mol. The fourth-order valence-corrected chi connectivity index (χ4v) is 0.859. The van der Waals surface area contributed by atoms with Crippen LogP contribution in [0.15, 0.2) is 47.7 Å². The second-order valence-electron chi connectivity index (χ2n) is 2.48. The van der Waals surface area contributed by atoms with Crippen molar-refractivity contribution in [3.05, 3.63) is 53.1 Å². The van der Waals surface area contributed by atoms with E-state index in [0.29, 0.717) is 12.2 Å². The fourth-order valence-electron chi connectivity index (χ4n) is 0.859. The van der Waals surface area contributed by atoms with Gasteiger partial charge in [-0.2, -0.15) is 0 Å². The highest BCUT2D eigenvalue weighted by Crippen LogP contribution is 2.05. The van der Waals surface area contributed by atoms with Crippen molar-refractivity contribution in [2.24, 2.45) is 5.11 Å². The van der Waals surface area contributed by atoms with Gasteiger partial charge in [-0.1, -0.05) is 29.9 Å². The number of rotatable bonds is 4. The van der Waals surface area contributed by atoms with Crippen LogP contribution in [0.3, 0.4) is 0 Å². The average Bonchev–Trinajstić information content (AvgIpc) is 2.17. The monoisotopic (exact) mass is 174 g/mol. The number of hydrogen-bond donors (Lipinski definition) is 1. The lowest BCUT2D eigenvalue weighted by Gasteiger charge is -2.03. The van der Waals surface area contributed by atoms with Gasteiger partial charge in [0.05, 0.1) is 0 Å². The molecule has 0 aliphatic rings. The summed E-state index contributed by atoms with van der Waals surface area (Å²) in [6.45, 7) is 4.04. The molecular formula is C9H10N4. The van der Waals surface area contributed by atoms with Crippen molar-refractivity contribution < 1.29 is 0 Å². The van der Waals surface area contributed by atoms with Gasteiger partial charge < -0.3 is 5.32 Å². The molecule has 0 bridgehead atoms. The Kier molecular flexibility index (Phi) is 3.42. The van der Waals surface area contributed by atoms with Crippen molar-refractivity contribution in [1.82, 2.24) is 0 Å². The third-order valence-electron chi connectivity index (χ3n) is 1.46. The number of para-hydroxylation sites is 1. The minimum Gasteiger partial charge on any atom is -0.381 e. The quantitative estimate of drug-likeness (QED) is 0.425. The molecule has 4 heteroatoms. The molecule has 0 radical (unpaired) electrons. The summed E-state index contributed by atoms with van der Waals surface area (Å²) < 4.78 is 0. The van der Waals surface area contributed by atoms with E-state index in [1.54, 1.807) is 0 Å². The van der Waals surface area contributed by atoms with E-state index in [9.17, 15) is 0 Å². The van der Waals surface area contributed by atoms with E-state index in [1.165, 1.54) is 0 Å². The van der Waals surface area contributed by atoms with Crippen molar-refractivity contribution in [2.75, 3.05) is 11.9 Å². The van der Waals surface area contributed by atoms with E-state index >= 15 is 0 Å². The number of nitrogens with zero attached hydrogens (tertiary/aromatic N) is 3. The Morgan fingerprint density at radius 3 is 2.77 bits per heavy atom. The third kappa shape index (κ3) is 3.31. The molecule has 1 aromatic carbocycles. The zero-order valence-electron chi connectivity index (χ0n) is 7.14. The van der Waals surface area contributed by atoms with Crippen LogP contribution in [0.4, 0.5) is 5.69 Å². The van der Waals surface area contributed by atoms with Crippen molar-refractivity contribution in [3.8, 4) is 0 Å². The molecule has 0 amide bonds. The topological polar surface area (TPSA) is 60.8 Å². The highest BCUT2D eigenvalue weighted by atomic mass is 15.1. The number of azide groups is 1. The van der Waals surface area contributed by atoms with Crippen molar-refractivity contribution in [3.63, 3.8) is 0 Å². The van der Waals surface area contributed by atoms with Gasteiger partial charge in [-0.15, -0.1) is 0 Å². The molecule has 1 aromatic rings. The van der Waals surface area contributed by atoms with E-state index in [2.05, 4.69) is 21.9 Å². The fraction of sp³-hybridized carbons (Fsp3) is 0.111. The van der Waals surface area contributed by atoms with Crippen LogP contribution in [0, 0.1) is 0 Å². The first-order valence-electron chi connectivity index (χ1n) is 3.84. The van der Waals surface area contributed by atoms with Gasteiger partial charge in [0.15, 0.2) is 0 Å². The zero-order chi connectivity index (χ0) is 9.52. The Balaban J connectivity index is 2.44. The van der Waals surface area contributed by atoms with Crippen LogP contribution < -0.4 is 5.32 Å². The van der Waals surface area contributed by atoms with Gasteiger partial charge in [-0.05, 0) is 17.7 Å². The minimum absolute atomic E-state index is 0.466. The second kappa shape index (κ2) is 4.85. The molecule has 0 unspecified atom stereocenters. The van der Waals surface area contributed by atoms with Crippen LogP contribution in [0.2, 0.25) is 0 Å². The maximum atomic E-state index is 8.10. The van der Waals surface area contributed by atoms with Crippen LogP contribution in [0.5, 0.6) is 0 Å². The SMILES string of the molecule is C=C(CNc1ccccc1)N=[N+]=[N-]. The lowest BCUT2D eigenvalue weighted by Crippen LogP contribution is -2.01. The molecule has 1 N–H and O–H groups in total. The Hall–Kier alpha value is -1.93. The molecule has 1 rings (SSSR count). The molecule has 0 aliphatic heterocycles. The Morgan fingerprint density at radius 1 is 1.46 bits per heavy atom. The normalized spacial score (nSPS) is 8.62. The van der Waals surface area contributed by atoms with Crippen LogP contribution >= 0.6 is 0 Å². The van der Waals surface area contributed by atoms with Crippen molar-refractivity contribution in [2.45, 2.75) is 0 Å². The van der Waals surface area contributed by atoms with E-state index in [1.807, 2.05) is 30.3 Å². The molecule has 4 nitrogen and oxygen atoms in total. The summed E-state index contributed by atoms with van der Waals surface area (Å²) in [6.07, 6.45) is 0. The molecule has 0 atom stereocenters. The van der Waals surface area contributed by atoms with E-state index in [-0.39, 0.29) is 0 Å². The van der Waals surface area contributed by atoms with Crippen molar-refractivity contribution >= 4 is 5.69 Å². The molecule has 0 heterocycles. The van der Waals surface area contributed by atoms with Crippen LogP contribution in [0.1, 0.15) is 0 Å². The average molecular weight is 174 g/mol. The summed E-state index contributed by atoms with van der Waals surface area (Å²) in [4.78, 5) is 2.63. The van der Waals surface area contributed by atoms with E-state index in [0.717, 1.165) is 5.69 Å². The maximum absolute atomic E-state index is 8.10. The van der Waals surface area contributed by atoms with Crippen LogP contribution in [-0.4, -0.2) is 6.54 Å². The van der Waals surface area contributed by atoms with Crippen molar-refractivity contribution in [1.29, 1.82) is 0 Å². The lowest BCUT2D eigenvalue weighted by atomic mass is 10.3. The molecule has 13 heavy (non-hydrogen) atoms. The summed E-state index contributed by atoms with van der Waals surface area (Å²) in [6, 6.07) is 9.66. The highest BCUT2D eigenvalue weighted by Gasteiger charge is 1.90. The van der Waals surface area contributed by atoms with Gasteiger partial charge in [0.1, 0.15) is 0 Å². The number of nitrogens with one attached hydrogen (secondary N) is 1. The van der Waals surface area contributed by atoms with Gasteiger partial charge in [0.2, 0.25) is 0 Å². The van der Waals surface area contributed by atoms with Gasteiger partial charge >= 0.3 is 0 Å². The molecule has 0 fully saturated rings. The summed E-state index contributed by atoms with van der Waals surface area (Å²) in [7, 11) is 0. The van der Waals surface area contributed by atoms with Gasteiger partial charge in [0, 0.05) is 22.8 Å². The Bertz CT molecular complexity index is 325. The standard InChI is InChI=1S/C9H10N4/c1-8(12-13-10)7-11-9-5-3-2-4-6-9/h2-6,11H,1,7H2. The predicted molar refractivity (Wildman–Crippen MR) is 53.2 cm³/mol. The first-order chi connectivity index (χ1) is 6.33. The predicted octanol–water partition coefficient (Wildman–Crippen LogP) is 2.92. The minimum atomic E-state index is 0.466. The van der Waals surface area contributed by atoms with E-state index < -0.39 is 0 Å². The molecule has 0 aliphatic carbocycles. The largest absolute Gasteiger partial charge is 0.381 e. The molecule has 0 saturated carbocycles. The van der Waals surface area contributed by atoms with Gasteiger partial charge in [-0.25, -0.2) is 0 Å². The van der Waals surface area contributed by atoms with E-state index in [4.69, 9.17) is 5.53 Å². The summed E-state index contributed by atoms with van der Waals surface area (Å²) in [5, 5.41) is 6.43. The Morgan fingerprint density at radius 2 is 2.15 bits per heavy atom. The number of anilines is 1. The molecule has 0 saturated heterocycles.